The summed E-state index contributed by atoms with van der Waals surface area (Å²) in [5.74, 6) is 1.45. The molecule has 1 unspecified atom stereocenters. The minimum atomic E-state index is 0.663. The summed E-state index contributed by atoms with van der Waals surface area (Å²) in [4.78, 5) is 6.66. The third-order valence-electron chi connectivity index (χ3n) is 2.99. The summed E-state index contributed by atoms with van der Waals surface area (Å²) in [6.45, 7) is 3.29. The zero-order valence-corrected chi connectivity index (χ0v) is 11.5. The molecule has 2 rings (SSSR count). The molecule has 1 atom stereocenters. The smallest absolute Gasteiger partial charge is 0.0410 e. The Kier molecular flexibility index (Phi) is 4.62. The maximum absolute atomic E-state index is 5.93. The van der Waals surface area contributed by atoms with Crippen LogP contribution >= 0.6 is 27.5 Å². The van der Waals surface area contributed by atoms with Crippen molar-refractivity contribution in [2.24, 2.45) is 5.92 Å². The molecular formula is C12H16BrClN2. The number of hydrogen-bond acceptors (Lipinski definition) is 2. The van der Waals surface area contributed by atoms with E-state index in [1.165, 1.54) is 24.9 Å². The van der Waals surface area contributed by atoms with E-state index < -0.39 is 0 Å². The average molecular weight is 304 g/mol. The predicted molar refractivity (Wildman–Crippen MR) is 70.7 cm³/mol. The lowest BCUT2D eigenvalue weighted by atomic mass is 10.00. The van der Waals surface area contributed by atoms with Crippen LogP contribution in [0.3, 0.4) is 0 Å². The van der Waals surface area contributed by atoms with Crippen LogP contribution in [0.2, 0.25) is 0 Å². The van der Waals surface area contributed by atoms with Gasteiger partial charge in [0.05, 0.1) is 0 Å². The summed E-state index contributed by atoms with van der Waals surface area (Å²) in [5, 5.41) is 0. The van der Waals surface area contributed by atoms with Gasteiger partial charge in [-0.05, 0) is 52.9 Å². The van der Waals surface area contributed by atoms with Gasteiger partial charge in [0.25, 0.3) is 0 Å². The van der Waals surface area contributed by atoms with Gasteiger partial charge in [0.15, 0.2) is 0 Å². The second kappa shape index (κ2) is 5.99. The zero-order chi connectivity index (χ0) is 11.4. The van der Waals surface area contributed by atoms with Crippen molar-refractivity contribution in [1.29, 1.82) is 0 Å². The van der Waals surface area contributed by atoms with Crippen molar-refractivity contribution in [3.8, 4) is 0 Å². The average Bonchev–Trinajstić information content (AvgIpc) is 2.29. The maximum Gasteiger partial charge on any atom is 0.0410 e. The van der Waals surface area contributed by atoms with Crippen LogP contribution in [0.1, 0.15) is 18.4 Å². The molecule has 1 aliphatic heterocycles. The number of nitrogens with zero attached hydrogens (tertiary/aromatic N) is 2. The lowest BCUT2D eigenvalue weighted by molar-refractivity contribution is 0.178. The van der Waals surface area contributed by atoms with Crippen molar-refractivity contribution in [2.45, 2.75) is 19.4 Å². The Morgan fingerprint density at radius 1 is 1.50 bits per heavy atom. The van der Waals surface area contributed by atoms with Crippen molar-refractivity contribution in [3.05, 3.63) is 28.5 Å². The van der Waals surface area contributed by atoms with Gasteiger partial charge in [-0.15, -0.1) is 11.6 Å². The molecule has 1 saturated heterocycles. The quantitative estimate of drug-likeness (QED) is 0.797. The van der Waals surface area contributed by atoms with Crippen molar-refractivity contribution in [1.82, 2.24) is 9.88 Å². The van der Waals surface area contributed by atoms with E-state index in [0.29, 0.717) is 5.92 Å². The SMILES string of the molecule is ClCC1CCCN(Cc2cncc(Br)c2)C1. The summed E-state index contributed by atoms with van der Waals surface area (Å²) < 4.78 is 1.05. The monoisotopic (exact) mass is 302 g/mol. The molecule has 1 aromatic rings. The maximum atomic E-state index is 5.93. The Labute approximate surface area is 110 Å². The van der Waals surface area contributed by atoms with Crippen LogP contribution in [-0.4, -0.2) is 28.9 Å². The number of hydrogen-bond donors (Lipinski definition) is 0. The fraction of sp³-hybridized carbons (Fsp3) is 0.583. The number of pyridine rings is 1. The molecule has 0 N–H and O–H groups in total. The number of rotatable bonds is 3. The van der Waals surface area contributed by atoms with E-state index in [9.17, 15) is 0 Å². The molecule has 0 radical (unpaired) electrons. The molecule has 0 amide bonds. The molecule has 0 bridgehead atoms. The molecule has 2 heterocycles. The van der Waals surface area contributed by atoms with Crippen LogP contribution in [0.25, 0.3) is 0 Å². The molecule has 1 fully saturated rings. The van der Waals surface area contributed by atoms with Gasteiger partial charge in [0, 0.05) is 35.8 Å². The van der Waals surface area contributed by atoms with Gasteiger partial charge >= 0.3 is 0 Å². The molecule has 1 aromatic heterocycles. The Morgan fingerprint density at radius 2 is 2.38 bits per heavy atom. The zero-order valence-electron chi connectivity index (χ0n) is 9.20. The fourth-order valence-corrected chi connectivity index (χ4v) is 2.89. The van der Waals surface area contributed by atoms with E-state index in [1.807, 2.05) is 12.4 Å². The predicted octanol–water partition coefficient (Wildman–Crippen LogP) is 3.29. The van der Waals surface area contributed by atoms with Gasteiger partial charge < -0.3 is 0 Å². The lowest BCUT2D eigenvalue weighted by Gasteiger charge is -2.31. The minimum Gasteiger partial charge on any atom is -0.299 e. The number of halogens is 2. The fourth-order valence-electron chi connectivity index (χ4n) is 2.22. The number of likely N-dealkylation sites (tertiary alicyclic amines) is 1. The lowest BCUT2D eigenvalue weighted by Crippen LogP contribution is -2.35. The first-order valence-corrected chi connectivity index (χ1v) is 6.98. The van der Waals surface area contributed by atoms with Crippen LogP contribution in [0, 0.1) is 5.92 Å². The van der Waals surface area contributed by atoms with E-state index in [2.05, 4.69) is 31.9 Å². The molecule has 2 nitrogen and oxygen atoms in total. The van der Waals surface area contributed by atoms with Crippen LogP contribution in [-0.2, 0) is 6.54 Å². The van der Waals surface area contributed by atoms with Crippen LogP contribution in [0.4, 0.5) is 0 Å². The van der Waals surface area contributed by atoms with Crippen LogP contribution < -0.4 is 0 Å². The second-order valence-electron chi connectivity index (χ2n) is 4.41. The molecule has 0 spiro atoms. The van der Waals surface area contributed by atoms with E-state index in [-0.39, 0.29) is 0 Å². The van der Waals surface area contributed by atoms with E-state index in [4.69, 9.17) is 11.6 Å². The van der Waals surface area contributed by atoms with Gasteiger partial charge in [0.1, 0.15) is 0 Å². The molecule has 16 heavy (non-hydrogen) atoms. The molecule has 0 aromatic carbocycles. The molecular weight excluding hydrogens is 288 g/mol. The van der Waals surface area contributed by atoms with Crippen molar-refractivity contribution in [3.63, 3.8) is 0 Å². The normalized spacial score (nSPS) is 22.2. The molecule has 88 valence electrons. The topological polar surface area (TPSA) is 16.1 Å². The number of alkyl halides is 1. The number of aromatic nitrogens is 1. The summed E-state index contributed by atoms with van der Waals surface area (Å²) >= 11 is 9.38. The highest BCUT2D eigenvalue weighted by Crippen LogP contribution is 2.20. The Morgan fingerprint density at radius 3 is 3.12 bits per heavy atom. The van der Waals surface area contributed by atoms with Crippen molar-refractivity contribution < 1.29 is 0 Å². The van der Waals surface area contributed by atoms with Crippen molar-refractivity contribution in [2.75, 3.05) is 19.0 Å². The van der Waals surface area contributed by atoms with E-state index in [0.717, 1.165) is 23.4 Å². The van der Waals surface area contributed by atoms with Crippen molar-refractivity contribution >= 4 is 27.5 Å². The van der Waals surface area contributed by atoms with Gasteiger partial charge in [0.2, 0.25) is 0 Å². The first-order valence-electron chi connectivity index (χ1n) is 5.65. The summed E-state index contributed by atoms with van der Waals surface area (Å²) in [6.07, 6.45) is 6.30. The van der Waals surface area contributed by atoms with Crippen LogP contribution in [0.15, 0.2) is 22.9 Å². The summed E-state index contributed by atoms with van der Waals surface area (Å²) in [7, 11) is 0. The van der Waals surface area contributed by atoms with Gasteiger partial charge in [-0.25, -0.2) is 0 Å². The standard InChI is InChI=1S/C12H16BrClN2/c13-12-4-11(6-15-7-12)9-16-3-1-2-10(5-14)8-16/h4,6-7,10H,1-3,5,8-9H2. The van der Waals surface area contributed by atoms with Gasteiger partial charge in [-0.3, -0.25) is 9.88 Å². The highest BCUT2D eigenvalue weighted by molar-refractivity contribution is 9.10. The summed E-state index contributed by atoms with van der Waals surface area (Å²) in [6, 6.07) is 2.14. The van der Waals surface area contributed by atoms with E-state index >= 15 is 0 Å². The van der Waals surface area contributed by atoms with Gasteiger partial charge in [-0.2, -0.15) is 0 Å². The first kappa shape index (κ1) is 12.3. The highest BCUT2D eigenvalue weighted by atomic mass is 79.9. The molecule has 0 aliphatic carbocycles. The summed E-state index contributed by atoms with van der Waals surface area (Å²) in [5.41, 5.74) is 1.27. The largest absolute Gasteiger partial charge is 0.299 e. The Hall–Kier alpha value is -0.120. The molecule has 0 saturated carbocycles. The third kappa shape index (κ3) is 3.44. The number of piperidine rings is 1. The van der Waals surface area contributed by atoms with E-state index in [1.54, 1.807) is 0 Å². The minimum absolute atomic E-state index is 0.663. The van der Waals surface area contributed by atoms with Crippen LogP contribution in [0.5, 0.6) is 0 Å². The molecule has 1 aliphatic rings. The first-order chi connectivity index (χ1) is 7.78. The Balaban J connectivity index is 1.94. The Bertz CT molecular complexity index is 346. The third-order valence-corrected chi connectivity index (χ3v) is 3.86. The molecule has 4 heteroatoms. The second-order valence-corrected chi connectivity index (χ2v) is 5.63. The highest BCUT2D eigenvalue weighted by Gasteiger charge is 2.18. The van der Waals surface area contributed by atoms with Gasteiger partial charge in [-0.1, -0.05) is 0 Å².